The summed E-state index contributed by atoms with van der Waals surface area (Å²) >= 11 is 0. The highest BCUT2D eigenvalue weighted by Crippen LogP contribution is 2.18. The van der Waals surface area contributed by atoms with E-state index in [4.69, 9.17) is 0 Å². The molecule has 0 saturated heterocycles. The summed E-state index contributed by atoms with van der Waals surface area (Å²) in [7, 11) is 0. The van der Waals surface area contributed by atoms with E-state index in [-0.39, 0.29) is 0 Å². The number of nitrogens with zero attached hydrogens (tertiary/aromatic N) is 4. The zero-order valence-electron chi connectivity index (χ0n) is 11.5. The maximum Gasteiger partial charge on any atom is 0.488 e. The van der Waals surface area contributed by atoms with Crippen molar-refractivity contribution in [1.82, 2.24) is 0 Å². The molecule has 0 unspecified atom stereocenters. The molecule has 0 rings (SSSR count). The average Bonchev–Trinajstić information content (AvgIpc) is 2.40. The minimum atomic E-state index is -2.77. The molecule has 14 heteroatoms. The maximum absolute atomic E-state index is 11.3. The van der Waals surface area contributed by atoms with E-state index >= 15 is 0 Å². The molecular formula is C8H12N4O10. The molecule has 0 fully saturated rings. The Morgan fingerprint density at radius 2 is 1.23 bits per heavy atom. The third-order valence-electron chi connectivity index (χ3n) is 2.88. The topological polar surface area (TPSA) is 199 Å². The van der Waals surface area contributed by atoms with Crippen LogP contribution in [0.25, 0.3) is 0 Å². The SMILES string of the molecule is CC(CCC(=O)OCC(C)([N+](=O)[O-])[N+](=O)[O-])([N+](=O)[O-])[N+](=O)[O-]. The van der Waals surface area contributed by atoms with Gasteiger partial charge in [-0.15, -0.1) is 0 Å². The molecule has 0 atom stereocenters. The minimum Gasteiger partial charge on any atom is -0.450 e. The fourth-order valence-corrected chi connectivity index (χ4v) is 1.05. The van der Waals surface area contributed by atoms with Crippen molar-refractivity contribution in [3.8, 4) is 0 Å². The fraction of sp³-hybridized carbons (Fsp3) is 0.875. The Morgan fingerprint density at radius 3 is 1.55 bits per heavy atom. The molecule has 0 bridgehead atoms. The molecule has 0 aliphatic carbocycles. The zero-order chi connectivity index (χ0) is 17.7. The highest BCUT2D eigenvalue weighted by atomic mass is 16.7. The summed E-state index contributed by atoms with van der Waals surface area (Å²) in [6, 6.07) is 0. The molecule has 0 aromatic heterocycles. The predicted octanol–water partition coefficient (Wildman–Crippen LogP) is -0.151. The van der Waals surface area contributed by atoms with Crippen LogP contribution in [0, 0.1) is 40.5 Å². The number of ether oxygens (including phenoxy) is 1. The van der Waals surface area contributed by atoms with Gasteiger partial charge >= 0.3 is 17.3 Å². The van der Waals surface area contributed by atoms with Gasteiger partial charge in [-0.3, -0.25) is 45.3 Å². The largest absolute Gasteiger partial charge is 0.488 e. The van der Waals surface area contributed by atoms with Gasteiger partial charge in [0.05, 0.1) is 36.5 Å². The molecule has 14 nitrogen and oxygen atoms in total. The quantitative estimate of drug-likeness (QED) is 0.237. The number of carbonyl (C=O) groups excluding carboxylic acids is 1. The van der Waals surface area contributed by atoms with Crippen LogP contribution in [0.15, 0.2) is 0 Å². The first-order valence-electron chi connectivity index (χ1n) is 5.61. The number of hydrogen-bond acceptors (Lipinski definition) is 10. The molecule has 0 spiro atoms. The lowest BCUT2D eigenvalue weighted by Crippen LogP contribution is -2.48. The maximum atomic E-state index is 11.3. The predicted molar refractivity (Wildman–Crippen MR) is 65.0 cm³/mol. The van der Waals surface area contributed by atoms with Crippen molar-refractivity contribution >= 4 is 5.97 Å². The summed E-state index contributed by atoms with van der Waals surface area (Å²) in [5.41, 5.74) is -5.40. The Labute approximate surface area is 121 Å². The molecule has 22 heavy (non-hydrogen) atoms. The number of rotatable bonds is 9. The molecular weight excluding hydrogens is 312 g/mol. The Hall–Kier alpha value is -2.93. The van der Waals surface area contributed by atoms with Gasteiger partial charge in [-0.2, -0.15) is 0 Å². The van der Waals surface area contributed by atoms with E-state index in [1.54, 1.807) is 0 Å². The van der Waals surface area contributed by atoms with Crippen molar-refractivity contribution in [1.29, 1.82) is 0 Å². The monoisotopic (exact) mass is 324 g/mol. The standard InChI is InChI=1S/C8H12N4O10/c1-7(9(14)15,10(16)17)4-3-6(13)22-5-8(2,11(18)19)12(20)21/h3-5H2,1-2H3. The first kappa shape index (κ1) is 19.1. The molecule has 0 aromatic carbocycles. The van der Waals surface area contributed by atoms with Crippen molar-refractivity contribution in [2.24, 2.45) is 0 Å². The van der Waals surface area contributed by atoms with Gasteiger partial charge < -0.3 is 4.74 Å². The summed E-state index contributed by atoms with van der Waals surface area (Å²) in [5, 5.41) is 42.3. The fourth-order valence-electron chi connectivity index (χ4n) is 1.05. The van der Waals surface area contributed by atoms with Crippen molar-refractivity contribution < 1.29 is 29.2 Å². The van der Waals surface area contributed by atoms with Crippen LogP contribution in [0.1, 0.15) is 26.7 Å². The second-order valence-corrected chi connectivity index (χ2v) is 4.62. The van der Waals surface area contributed by atoms with Crippen LogP contribution < -0.4 is 0 Å². The second-order valence-electron chi connectivity index (χ2n) is 4.62. The van der Waals surface area contributed by atoms with Gasteiger partial charge in [-0.25, -0.2) is 0 Å². The number of nitro groups is 4. The van der Waals surface area contributed by atoms with Gasteiger partial charge in [0.1, 0.15) is 9.85 Å². The van der Waals surface area contributed by atoms with Crippen LogP contribution in [0.5, 0.6) is 0 Å². The number of hydrogen-bond donors (Lipinski definition) is 0. The van der Waals surface area contributed by atoms with E-state index in [0.717, 1.165) is 0 Å². The van der Waals surface area contributed by atoms with Gasteiger partial charge in [0.2, 0.25) is 6.61 Å². The Kier molecular flexibility index (Phi) is 5.79. The molecule has 0 N–H and O–H groups in total. The summed E-state index contributed by atoms with van der Waals surface area (Å²) < 4.78 is 4.32. The van der Waals surface area contributed by atoms with Gasteiger partial charge in [0.25, 0.3) is 0 Å². The highest BCUT2D eigenvalue weighted by Gasteiger charge is 2.53. The molecule has 0 heterocycles. The van der Waals surface area contributed by atoms with Crippen LogP contribution in [-0.4, -0.2) is 43.6 Å². The molecule has 0 aliphatic heterocycles. The van der Waals surface area contributed by atoms with E-state index in [1.807, 2.05) is 0 Å². The summed E-state index contributed by atoms with van der Waals surface area (Å²) in [4.78, 5) is 48.7. The van der Waals surface area contributed by atoms with Gasteiger partial charge in [0, 0.05) is 0 Å². The third kappa shape index (κ3) is 4.03. The van der Waals surface area contributed by atoms with E-state index in [2.05, 4.69) is 4.74 Å². The smallest absolute Gasteiger partial charge is 0.450 e. The Bertz CT molecular complexity index is 445. The van der Waals surface area contributed by atoms with Crippen molar-refractivity contribution in [2.45, 2.75) is 38.0 Å². The molecule has 124 valence electrons. The average molecular weight is 324 g/mol. The van der Waals surface area contributed by atoms with Crippen LogP contribution >= 0.6 is 0 Å². The lowest BCUT2D eigenvalue weighted by molar-refractivity contribution is -0.793. The number of carbonyl (C=O) groups is 1. The molecule has 0 saturated carbocycles. The molecule has 0 aliphatic rings. The third-order valence-corrected chi connectivity index (χ3v) is 2.88. The number of esters is 1. The zero-order valence-corrected chi connectivity index (χ0v) is 11.5. The summed E-state index contributed by atoms with van der Waals surface area (Å²) in [5.74, 6) is -1.26. The first-order valence-corrected chi connectivity index (χ1v) is 5.61. The van der Waals surface area contributed by atoms with E-state index in [9.17, 15) is 45.3 Å². The second kappa shape index (κ2) is 6.68. The van der Waals surface area contributed by atoms with Crippen molar-refractivity contribution in [2.75, 3.05) is 6.61 Å². The van der Waals surface area contributed by atoms with Crippen molar-refractivity contribution in [3.63, 3.8) is 0 Å². The van der Waals surface area contributed by atoms with Crippen LogP contribution in [0.3, 0.4) is 0 Å². The van der Waals surface area contributed by atoms with E-state index in [1.165, 1.54) is 0 Å². The molecule has 0 aromatic rings. The summed E-state index contributed by atoms with van der Waals surface area (Å²) in [6.07, 6.45) is -1.64. The van der Waals surface area contributed by atoms with Crippen LogP contribution in [0.4, 0.5) is 0 Å². The van der Waals surface area contributed by atoms with Crippen LogP contribution in [-0.2, 0) is 9.53 Å². The molecule has 0 radical (unpaired) electrons. The molecule has 0 amide bonds. The van der Waals surface area contributed by atoms with Crippen LogP contribution in [0.2, 0.25) is 0 Å². The van der Waals surface area contributed by atoms with E-state index < -0.39 is 56.4 Å². The van der Waals surface area contributed by atoms with Gasteiger partial charge in [-0.05, 0) is 0 Å². The van der Waals surface area contributed by atoms with Crippen molar-refractivity contribution in [3.05, 3.63) is 40.5 Å². The normalized spacial score (nSPS) is 11.5. The Morgan fingerprint density at radius 1 is 0.864 bits per heavy atom. The Balaban J connectivity index is 4.72. The summed E-state index contributed by atoms with van der Waals surface area (Å²) in [6.45, 7) is 0.0797. The lowest BCUT2D eigenvalue weighted by Gasteiger charge is -2.14. The first-order chi connectivity index (χ1) is 9.87. The van der Waals surface area contributed by atoms with Gasteiger partial charge in [0.15, 0.2) is 0 Å². The minimum absolute atomic E-state index is 0.610. The lowest BCUT2D eigenvalue weighted by atomic mass is 10.1. The van der Waals surface area contributed by atoms with E-state index in [0.29, 0.717) is 13.8 Å². The van der Waals surface area contributed by atoms with Gasteiger partial charge in [-0.1, -0.05) is 0 Å². The highest BCUT2D eigenvalue weighted by molar-refractivity contribution is 5.69.